The Morgan fingerprint density at radius 2 is 1.32 bits per heavy atom. The van der Waals surface area contributed by atoms with Gasteiger partial charge >= 0.3 is 5.91 Å². The van der Waals surface area contributed by atoms with Gasteiger partial charge in [-0.05, 0) is 76.4 Å². The maximum Gasteiger partial charge on any atom is 0.552 e. The maximum absolute atomic E-state index is 12.7. The van der Waals surface area contributed by atoms with Gasteiger partial charge in [0.15, 0.2) is 12.3 Å². The molecular weight excluding hydrogens is 697 g/mol. The number of benzene rings is 4. The van der Waals surface area contributed by atoms with Crippen LogP contribution in [-0.2, 0) is 17.7 Å². The van der Waals surface area contributed by atoms with Gasteiger partial charge in [-0.1, -0.05) is 146 Å². The van der Waals surface area contributed by atoms with E-state index in [0.29, 0.717) is 0 Å². The van der Waals surface area contributed by atoms with Crippen LogP contribution in [0.2, 0.25) is 0 Å². The molecule has 0 fully saturated rings. The average Bonchev–Trinajstić information content (AvgIpc) is 4.06. The minimum absolute atomic E-state index is 0.0290. The molecule has 5 aliphatic rings. The summed E-state index contributed by atoms with van der Waals surface area (Å²) in [5.74, 6) is -1.000. The summed E-state index contributed by atoms with van der Waals surface area (Å²) in [6, 6.07) is 46.9. The minimum Gasteiger partial charge on any atom is -0.377 e. The first-order valence-corrected chi connectivity index (χ1v) is 20.3. The molecule has 1 spiro atoms. The Kier molecular flexibility index (Phi) is 7.22. The molecule has 6 aromatic rings. The lowest BCUT2D eigenvalue weighted by atomic mass is 9.85. The molecule has 0 saturated heterocycles. The van der Waals surface area contributed by atoms with Crippen LogP contribution in [0.1, 0.15) is 101 Å². The number of allylic oxidation sites excluding steroid dienone is 3. The molecule has 11 rings (SSSR count). The van der Waals surface area contributed by atoms with E-state index in [1.54, 1.807) is 0 Å². The Morgan fingerprint density at radius 3 is 1.95 bits per heavy atom. The highest BCUT2D eigenvalue weighted by atomic mass is 16.3. The Hall–Kier alpha value is -6.30. The van der Waals surface area contributed by atoms with Gasteiger partial charge in [-0.2, -0.15) is 0 Å². The lowest BCUT2D eigenvalue weighted by molar-refractivity contribution is -0.833. The molecule has 0 radical (unpaired) electrons. The number of hydrogen-bond acceptors (Lipinski definition) is 1. The number of aliphatic hydroxyl groups is 1. The summed E-state index contributed by atoms with van der Waals surface area (Å²) >= 11 is 0. The molecule has 0 amide bonds. The van der Waals surface area contributed by atoms with Crippen molar-refractivity contribution < 1.29 is 14.3 Å². The van der Waals surface area contributed by atoms with Crippen LogP contribution in [0.15, 0.2) is 163 Å². The summed E-state index contributed by atoms with van der Waals surface area (Å²) < 4.78 is 10.1. The fraction of sp³-hybridized carbons (Fsp3) is 0.192. The van der Waals surface area contributed by atoms with Crippen molar-refractivity contribution in [2.24, 2.45) is 0 Å². The Labute approximate surface area is 334 Å². The zero-order valence-electron chi connectivity index (χ0n) is 33.1. The summed E-state index contributed by atoms with van der Waals surface area (Å²) in [6.07, 6.45) is 11.2. The number of nitrogens with zero attached hydrogens (tertiary/aromatic N) is 4. The van der Waals surface area contributed by atoms with Gasteiger partial charge < -0.3 is 5.11 Å². The maximum atomic E-state index is 12.7. The van der Waals surface area contributed by atoms with Crippen molar-refractivity contribution in [2.75, 3.05) is 0 Å². The molecule has 1 N–H and O–H groups in total. The number of hydrogen-bond donors (Lipinski definition) is 1. The molecule has 278 valence electrons. The van der Waals surface area contributed by atoms with Gasteiger partial charge in [-0.15, -0.1) is 0 Å². The van der Waals surface area contributed by atoms with Crippen molar-refractivity contribution >= 4 is 23.1 Å². The largest absolute Gasteiger partial charge is 0.552 e. The Balaban J connectivity index is 1.28. The molecular formula is C52H46N4O+2. The third-order valence-electron chi connectivity index (χ3n) is 12.8. The van der Waals surface area contributed by atoms with Gasteiger partial charge in [0.05, 0.1) is 28.5 Å². The Morgan fingerprint density at radius 1 is 0.684 bits per heavy atom. The van der Waals surface area contributed by atoms with Gasteiger partial charge in [0, 0.05) is 35.7 Å². The van der Waals surface area contributed by atoms with Crippen molar-refractivity contribution in [3.63, 3.8) is 0 Å². The minimum atomic E-state index is -0.964. The molecule has 2 aromatic heterocycles. The molecule has 5 aliphatic heterocycles. The van der Waals surface area contributed by atoms with E-state index in [4.69, 9.17) is 0 Å². The smallest absolute Gasteiger partial charge is 0.377 e. The van der Waals surface area contributed by atoms with Crippen molar-refractivity contribution in [3.05, 3.63) is 225 Å². The highest BCUT2D eigenvalue weighted by Crippen LogP contribution is 2.56. The van der Waals surface area contributed by atoms with Gasteiger partial charge in [0.1, 0.15) is 0 Å². The summed E-state index contributed by atoms with van der Waals surface area (Å²) in [6.45, 7) is 11.1. The zero-order chi connectivity index (χ0) is 38.8. The predicted molar refractivity (Wildman–Crippen MR) is 229 cm³/mol. The van der Waals surface area contributed by atoms with Gasteiger partial charge in [0.2, 0.25) is 17.1 Å². The van der Waals surface area contributed by atoms with E-state index < -0.39 is 12.0 Å². The first-order chi connectivity index (χ1) is 27.7. The normalized spacial score (nSPS) is 20.5. The topological polar surface area (TPSA) is 36.1 Å². The number of aryl methyl sites for hydroxylation is 2. The van der Waals surface area contributed by atoms with Crippen LogP contribution < -0.4 is 0 Å². The third kappa shape index (κ3) is 4.61. The monoisotopic (exact) mass is 742 g/mol. The quantitative estimate of drug-likeness (QED) is 0.170. The van der Waals surface area contributed by atoms with Gasteiger partial charge in [-0.25, -0.2) is 9.13 Å². The van der Waals surface area contributed by atoms with E-state index in [1.165, 1.54) is 44.8 Å². The van der Waals surface area contributed by atoms with Crippen LogP contribution in [0.4, 0.5) is 0 Å². The highest BCUT2D eigenvalue weighted by molar-refractivity contribution is 6.00. The fourth-order valence-electron chi connectivity index (χ4n) is 10.0. The molecule has 7 heterocycles. The summed E-state index contributed by atoms with van der Waals surface area (Å²) in [7, 11) is 0. The van der Waals surface area contributed by atoms with Crippen molar-refractivity contribution in [3.8, 4) is 0 Å². The molecule has 4 aromatic carbocycles. The van der Waals surface area contributed by atoms with Crippen LogP contribution in [0, 0.1) is 6.92 Å². The summed E-state index contributed by atoms with van der Waals surface area (Å²) in [4.78, 5) is 0. The molecule has 3 unspecified atom stereocenters. The van der Waals surface area contributed by atoms with Crippen molar-refractivity contribution in [1.82, 2.24) is 9.13 Å². The van der Waals surface area contributed by atoms with E-state index in [2.05, 4.69) is 211 Å². The van der Waals surface area contributed by atoms with E-state index in [0.717, 1.165) is 51.6 Å². The van der Waals surface area contributed by atoms with E-state index in [-0.39, 0.29) is 11.3 Å². The number of aliphatic hydroxyl groups excluding tert-OH is 1. The second-order valence-corrected chi connectivity index (χ2v) is 17.1. The summed E-state index contributed by atoms with van der Waals surface area (Å²) in [5.41, 5.74) is 18.4. The van der Waals surface area contributed by atoms with Gasteiger partial charge in [-0.3, -0.25) is 0 Å². The lowest BCUT2D eigenvalue weighted by Crippen LogP contribution is -2.65. The summed E-state index contributed by atoms with van der Waals surface area (Å²) in [5, 5.41) is 12.7. The number of fused-ring (bicyclic) bond motifs is 2. The number of rotatable bonds is 6. The number of aromatic nitrogens is 2. The van der Waals surface area contributed by atoms with E-state index in [1.807, 2.05) is 0 Å². The third-order valence-corrected chi connectivity index (χ3v) is 12.8. The zero-order valence-corrected chi connectivity index (χ0v) is 33.1. The molecule has 0 bridgehead atoms. The van der Waals surface area contributed by atoms with Crippen LogP contribution >= 0.6 is 0 Å². The second-order valence-electron chi connectivity index (χ2n) is 17.1. The van der Waals surface area contributed by atoms with E-state index in [9.17, 15) is 5.11 Å². The predicted octanol–water partition coefficient (Wildman–Crippen LogP) is 10.0. The molecule has 5 heteroatoms. The molecule has 3 atom stereocenters. The van der Waals surface area contributed by atoms with Crippen LogP contribution in [0.25, 0.3) is 11.1 Å². The first kappa shape index (κ1) is 34.0. The average molecular weight is 743 g/mol. The van der Waals surface area contributed by atoms with Gasteiger partial charge in [0.25, 0.3) is 0 Å². The SMILES string of the molecule is CCc1ccc(C(O)C2=[N+]3C(=C(c4ccc(C(C)(C)C)cc4)c4ccc5n4C34n3c(ccc3C5c3ccc(C)cc3)C(c3ccccc3)=C3C=CC=[N+]34)C=C2)cc1. The van der Waals surface area contributed by atoms with Crippen molar-refractivity contribution in [2.45, 2.75) is 64.4 Å². The molecule has 0 aliphatic carbocycles. The highest BCUT2D eigenvalue weighted by Gasteiger charge is 2.71. The lowest BCUT2D eigenvalue weighted by Gasteiger charge is -2.43. The molecule has 0 saturated carbocycles. The van der Waals surface area contributed by atoms with Crippen LogP contribution in [0.5, 0.6) is 0 Å². The van der Waals surface area contributed by atoms with Crippen molar-refractivity contribution in [1.29, 1.82) is 0 Å². The van der Waals surface area contributed by atoms with Crippen LogP contribution in [-0.4, -0.2) is 35.3 Å². The fourth-order valence-corrected chi connectivity index (χ4v) is 10.0. The first-order valence-electron chi connectivity index (χ1n) is 20.3. The second kappa shape index (κ2) is 12.1. The molecule has 57 heavy (non-hydrogen) atoms. The molecule has 5 nitrogen and oxygen atoms in total. The standard InChI is InChI=1S/C52H46N4O/c1-6-34-16-20-38(21-17-34)50(57)46-31-30-45-49(37-22-24-39(25-23-37)51(3,4)5)44-29-28-43-48(36-18-14-33(2)15-19-36)42-27-26-41-47(35-11-8-7-9-12-35)40-13-10-32-53(40)52(54(41)42,55(43)44)56(45)46/h7-32,48,50,57H,6H2,1-5H3/q+2. The van der Waals surface area contributed by atoms with E-state index >= 15 is 0 Å². The Bertz CT molecular complexity index is 2850. The van der Waals surface area contributed by atoms with Crippen LogP contribution in [0.3, 0.4) is 0 Å².